The van der Waals surface area contributed by atoms with E-state index < -0.39 is 19.0 Å². The molecular formula is C19H23ClFN2O2P. The second kappa shape index (κ2) is 7.51. The van der Waals surface area contributed by atoms with Gasteiger partial charge >= 0.3 is 0 Å². The highest BCUT2D eigenvalue weighted by atomic mass is 35.5. The zero-order chi connectivity index (χ0) is 18.4. The molecule has 7 heteroatoms. The predicted octanol–water partition coefficient (Wildman–Crippen LogP) is 3.53. The number of rotatable bonds is 3. The minimum atomic E-state index is -2.55. The molecule has 1 fully saturated rings. The fraction of sp³-hybridized carbons (Fsp3) is 0.316. The molecule has 4 nitrogen and oxygen atoms in total. The van der Waals surface area contributed by atoms with Crippen LogP contribution in [0.15, 0.2) is 36.4 Å². The van der Waals surface area contributed by atoms with Gasteiger partial charge in [-0.15, -0.1) is 12.4 Å². The van der Waals surface area contributed by atoms with E-state index in [9.17, 15) is 9.36 Å². The predicted molar refractivity (Wildman–Crippen MR) is 108 cm³/mol. The van der Waals surface area contributed by atoms with E-state index in [0.29, 0.717) is 40.6 Å². The number of hydrogen-bond acceptors (Lipinski definition) is 3. The summed E-state index contributed by atoms with van der Waals surface area (Å²) in [6.45, 7) is 5.51. The molecule has 140 valence electrons. The summed E-state index contributed by atoms with van der Waals surface area (Å²) in [5.41, 5.74) is 7.75. The Labute approximate surface area is 159 Å². The molecule has 1 aliphatic rings. The van der Waals surface area contributed by atoms with Crippen molar-refractivity contribution in [2.24, 2.45) is 5.73 Å². The Morgan fingerprint density at radius 2 is 1.81 bits per heavy atom. The van der Waals surface area contributed by atoms with Crippen molar-refractivity contribution in [2.75, 3.05) is 24.8 Å². The molecule has 1 unspecified atom stereocenters. The average molecular weight is 397 g/mol. The number of benzene rings is 2. The lowest BCUT2D eigenvalue weighted by Gasteiger charge is -2.21. The van der Waals surface area contributed by atoms with E-state index in [0.717, 1.165) is 0 Å². The van der Waals surface area contributed by atoms with Crippen LogP contribution >= 0.6 is 19.5 Å². The number of carbonyl (C=O) groups excluding carboxylic acids is 1. The van der Waals surface area contributed by atoms with Gasteiger partial charge < -0.3 is 15.2 Å². The third-order valence-corrected chi connectivity index (χ3v) is 6.22. The number of amides is 1. The van der Waals surface area contributed by atoms with Gasteiger partial charge in [0.05, 0.1) is 6.04 Å². The Hall–Kier alpha value is -1.68. The molecular weight excluding hydrogens is 374 g/mol. The molecule has 2 aromatic rings. The first kappa shape index (κ1) is 20.6. The van der Waals surface area contributed by atoms with E-state index in [-0.39, 0.29) is 18.3 Å². The zero-order valence-corrected chi connectivity index (χ0v) is 16.7. The molecule has 1 aliphatic heterocycles. The van der Waals surface area contributed by atoms with Crippen molar-refractivity contribution in [3.63, 3.8) is 0 Å². The van der Waals surface area contributed by atoms with Crippen LogP contribution in [-0.2, 0) is 9.36 Å². The molecule has 3 rings (SSSR count). The van der Waals surface area contributed by atoms with Crippen LogP contribution in [0.4, 0.5) is 10.1 Å². The van der Waals surface area contributed by atoms with E-state index in [1.165, 1.54) is 0 Å². The molecule has 0 saturated carbocycles. The lowest BCUT2D eigenvalue weighted by atomic mass is 10.0. The Bertz CT molecular complexity index is 897. The second-order valence-corrected chi connectivity index (χ2v) is 10.0. The van der Waals surface area contributed by atoms with Crippen molar-refractivity contribution in [3.8, 4) is 11.1 Å². The summed E-state index contributed by atoms with van der Waals surface area (Å²) in [6.07, 6.45) is 0.569. The van der Waals surface area contributed by atoms with Gasteiger partial charge in [-0.05, 0) is 44.4 Å². The maximum atomic E-state index is 15.1. The fourth-order valence-corrected chi connectivity index (χ4v) is 4.51. The summed E-state index contributed by atoms with van der Waals surface area (Å²) in [5, 5.41) is 0.653. The Morgan fingerprint density at radius 3 is 2.38 bits per heavy atom. The summed E-state index contributed by atoms with van der Waals surface area (Å²) >= 11 is 0. The molecule has 1 amide bonds. The lowest BCUT2D eigenvalue weighted by Crippen LogP contribution is -2.34. The normalized spacial score (nSPS) is 17.3. The zero-order valence-electron chi connectivity index (χ0n) is 15.0. The number of carbonyl (C=O) groups is 1. The Kier molecular flexibility index (Phi) is 5.96. The molecule has 26 heavy (non-hydrogen) atoms. The third-order valence-electron chi connectivity index (χ3n) is 4.67. The molecule has 1 atom stereocenters. The Balaban J connectivity index is 0.00000243. The molecule has 0 aromatic heterocycles. The van der Waals surface area contributed by atoms with E-state index in [1.54, 1.807) is 55.5 Å². The minimum Gasteiger partial charge on any atom is -0.320 e. The fourth-order valence-electron chi connectivity index (χ4n) is 3.29. The maximum Gasteiger partial charge on any atom is 0.243 e. The number of nitrogens with zero attached hydrogens (tertiary/aromatic N) is 1. The summed E-state index contributed by atoms with van der Waals surface area (Å²) in [6, 6.07) is 10.1. The topological polar surface area (TPSA) is 63.4 Å². The summed E-state index contributed by atoms with van der Waals surface area (Å²) in [5.74, 6) is -0.575. The molecule has 0 aliphatic carbocycles. The molecule has 2 aromatic carbocycles. The van der Waals surface area contributed by atoms with Crippen LogP contribution in [0.25, 0.3) is 11.1 Å². The molecule has 2 N–H and O–H groups in total. The van der Waals surface area contributed by atoms with Crippen LogP contribution in [-0.4, -0.2) is 31.8 Å². The molecule has 1 saturated heterocycles. The van der Waals surface area contributed by atoms with Crippen molar-refractivity contribution < 1.29 is 13.8 Å². The van der Waals surface area contributed by atoms with Gasteiger partial charge in [0, 0.05) is 28.7 Å². The third kappa shape index (κ3) is 3.57. The summed E-state index contributed by atoms with van der Waals surface area (Å²) in [4.78, 5) is 13.7. The highest BCUT2D eigenvalue weighted by Crippen LogP contribution is 2.40. The van der Waals surface area contributed by atoms with Gasteiger partial charge in [0.2, 0.25) is 5.91 Å². The van der Waals surface area contributed by atoms with Crippen LogP contribution in [0.3, 0.4) is 0 Å². The first-order chi connectivity index (χ1) is 11.7. The first-order valence-electron chi connectivity index (χ1n) is 8.23. The lowest BCUT2D eigenvalue weighted by molar-refractivity contribution is -0.118. The SMILES string of the molecule is Cc1c(N2CCC(N)C2=O)ccc(-c2ccccc2P(C)(C)=O)c1F.Cl. The largest absolute Gasteiger partial charge is 0.320 e. The van der Waals surface area contributed by atoms with E-state index in [4.69, 9.17) is 5.73 Å². The number of hydrogen-bond donors (Lipinski definition) is 1. The van der Waals surface area contributed by atoms with Crippen molar-refractivity contribution in [3.05, 3.63) is 47.8 Å². The number of nitrogens with two attached hydrogens (primary N) is 1. The smallest absolute Gasteiger partial charge is 0.243 e. The van der Waals surface area contributed by atoms with Crippen LogP contribution < -0.4 is 15.9 Å². The highest BCUT2D eigenvalue weighted by Gasteiger charge is 2.31. The minimum absolute atomic E-state index is 0. The first-order valence-corrected chi connectivity index (χ1v) is 10.8. The van der Waals surface area contributed by atoms with Gasteiger partial charge in [-0.2, -0.15) is 0 Å². The quantitative estimate of drug-likeness (QED) is 0.807. The van der Waals surface area contributed by atoms with Crippen LogP contribution in [0.1, 0.15) is 12.0 Å². The van der Waals surface area contributed by atoms with Crippen LogP contribution in [0, 0.1) is 12.7 Å². The number of anilines is 1. The van der Waals surface area contributed by atoms with Crippen LogP contribution in [0.2, 0.25) is 0 Å². The monoisotopic (exact) mass is 396 g/mol. The van der Waals surface area contributed by atoms with Crippen molar-refractivity contribution in [2.45, 2.75) is 19.4 Å². The molecule has 0 spiro atoms. The van der Waals surface area contributed by atoms with E-state index >= 15 is 4.39 Å². The van der Waals surface area contributed by atoms with Gasteiger partial charge in [0.15, 0.2) is 0 Å². The molecule has 1 heterocycles. The summed E-state index contributed by atoms with van der Waals surface area (Å²) in [7, 11) is -2.55. The average Bonchev–Trinajstić information content (AvgIpc) is 2.89. The van der Waals surface area contributed by atoms with Crippen LogP contribution in [0.5, 0.6) is 0 Å². The van der Waals surface area contributed by atoms with E-state index in [1.807, 2.05) is 6.07 Å². The van der Waals surface area contributed by atoms with Gasteiger partial charge in [-0.25, -0.2) is 4.39 Å². The van der Waals surface area contributed by atoms with Gasteiger partial charge in [-0.3, -0.25) is 4.79 Å². The standard InChI is InChI=1S/C19H22FN2O2P.ClH/c1-12-16(22-11-10-15(21)19(22)23)9-8-14(18(12)20)13-6-4-5-7-17(13)25(2,3)24;/h4-9,15H,10-11,21H2,1-3H3;1H. The molecule has 0 radical (unpaired) electrons. The highest BCUT2D eigenvalue weighted by molar-refractivity contribution is 7.70. The van der Waals surface area contributed by atoms with Crippen molar-refractivity contribution in [1.29, 1.82) is 0 Å². The van der Waals surface area contributed by atoms with Gasteiger partial charge in [0.1, 0.15) is 13.0 Å². The number of halogens is 2. The van der Waals surface area contributed by atoms with Crippen molar-refractivity contribution in [1.82, 2.24) is 0 Å². The maximum absolute atomic E-state index is 15.1. The van der Waals surface area contributed by atoms with Gasteiger partial charge in [0.25, 0.3) is 0 Å². The van der Waals surface area contributed by atoms with Crippen molar-refractivity contribution >= 4 is 36.4 Å². The van der Waals surface area contributed by atoms with Gasteiger partial charge in [-0.1, -0.05) is 24.3 Å². The second-order valence-electron chi connectivity index (χ2n) is 6.82. The van der Waals surface area contributed by atoms with E-state index in [2.05, 4.69) is 0 Å². The molecule has 0 bridgehead atoms. The summed E-state index contributed by atoms with van der Waals surface area (Å²) < 4.78 is 27.7. The Morgan fingerprint density at radius 1 is 1.15 bits per heavy atom.